The van der Waals surface area contributed by atoms with Gasteiger partial charge < -0.3 is 20.4 Å². The Labute approximate surface area is 196 Å². The molecule has 1 spiro atoms. The predicted molar refractivity (Wildman–Crippen MR) is 133 cm³/mol. The zero-order valence-corrected chi connectivity index (χ0v) is 19.9. The zero-order valence-electron chi connectivity index (χ0n) is 19.9. The van der Waals surface area contributed by atoms with Gasteiger partial charge in [0.05, 0.1) is 0 Å². The molecule has 33 heavy (non-hydrogen) atoms. The number of nitrogens with zero attached hydrogens (tertiary/aromatic N) is 3. The van der Waals surface area contributed by atoms with E-state index in [1.807, 2.05) is 17.0 Å². The fourth-order valence-electron chi connectivity index (χ4n) is 5.18. The van der Waals surface area contributed by atoms with Crippen LogP contribution in [0.2, 0.25) is 0 Å². The topological polar surface area (TPSA) is 77.6 Å². The maximum Gasteiger partial charge on any atom is 0.245 e. The van der Waals surface area contributed by atoms with E-state index in [2.05, 4.69) is 54.2 Å². The van der Waals surface area contributed by atoms with Crippen molar-refractivity contribution in [2.24, 2.45) is 11.3 Å². The number of anilines is 2. The third-order valence-electron chi connectivity index (χ3n) is 6.84. The fraction of sp³-hybridized carbons (Fsp3) is 0.500. The summed E-state index contributed by atoms with van der Waals surface area (Å²) in [5, 5.41) is 8.53. The summed E-state index contributed by atoms with van der Waals surface area (Å²) in [6.07, 6.45) is 3.75. The van der Waals surface area contributed by atoms with E-state index in [0.29, 0.717) is 12.3 Å². The van der Waals surface area contributed by atoms with Crippen molar-refractivity contribution in [1.82, 2.24) is 15.2 Å². The summed E-state index contributed by atoms with van der Waals surface area (Å²) < 4.78 is 0. The first-order valence-electron chi connectivity index (χ1n) is 11.9. The molecule has 0 bridgehead atoms. The smallest absolute Gasteiger partial charge is 0.245 e. The van der Waals surface area contributed by atoms with Gasteiger partial charge in [-0.3, -0.25) is 9.59 Å². The average Bonchev–Trinajstić information content (AvgIpc) is 3.23. The van der Waals surface area contributed by atoms with Crippen LogP contribution in [-0.2, 0) is 9.59 Å². The second-order valence-electron chi connectivity index (χ2n) is 9.97. The molecule has 0 radical (unpaired) electrons. The normalized spacial score (nSPS) is 17.8. The molecule has 2 aliphatic heterocycles. The molecule has 7 heteroatoms. The quantitative estimate of drug-likeness (QED) is 0.604. The van der Waals surface area contributed by atoms with Gasteiger partial charge in [0.15, 0.2) is 0 Å². The molecule has 2 aliphatic rings. The molecule has 1 aromatic heterocycles. The van der Waals surface area contributed by atoms with Crippen LogP contribution in [0, 0.1) is 11.3 Å². The van der Waals surface area contributed by atoms with Crippen molar-refractivity contribution < 1.29 is 9.59 Å². The molecule has 7 nitrogen and oxygen atoms in total. The van der Waals surface area contributed by atoms with Crippen molar-refractivity contribution in [3.05, 3.63) is 43.0 Å². The number of hydrogen-bond acceptors (Lipinski definition) is 5. The van der Waals surface area contributed by atoms with Crippen molar-refractivity contribution in [3.63, 3.8) is 0 Å². The summed E-state index contributed by atoms with van der Waals surface area (Å²) in [6.45, 7) is 11.3. The number of carbonyl (C=O) groups excluding carboxylic acids is 2. The number of aromatic nitrogens is 1. The lowest BCUT2D eigenvalue weighted by Gasteiger charge is -2.47. The lowest BCUT2D eigenvalue weighted by molar-refractivity contribution is -0.136. The maximum atomic E-state index is 12.1. The van der Waals surface area contributed by atoms with E-state index in [9.17, 15) is 9.59 Å². The van der Waals surface area contributed by atoms with Crippen molar-refractivity contribution in [3.8, 4) is 0 Å². The minimum Gasteiger partial charge on any atom is -0.366 e. The van der Waals surface area contributed by atoms with Gasteiger partial charge in [0.2, 0.25) is 11.8 Å². The van der Waals surface area contributed by atoms with Gasteiger partial charge in [-0.05, 0) is 36.3 Å². The van der Waals surface area contributed by atoms with E-state index in [0.717, 1.165) is 61.4 Å². The minimum absolute atomic E-state index is 0.00568. The van der Waals surface area contributed by atoms with Crippen LogP contribution in [0.3, 0.4) is 0 Å². The number of nitrogens with one attached hydrogen (secondary N) is 2. The van der Waals surface area contributed by atoms with Gasteiger partial charge >= 0.3 is 0 Å². The zero-order chi connectivity index (χ0) is 23.6. The number of rotatable bonds is 8. The van der Waals surface area contributed by atoms with Crippen molar-refractivity contribution in [2.45, 2.75) is 39.2 Å². The van der Waals surface area contributed by atoms with Gasteiger partial charge in [-0.25, -0.2) is 4.98 Å². The Morgan fingerprint density at radius 3 is 2.70 bits per heavy atom. The molecule has 2 amide bonds. The number of benzene rings is 1. The number of carbonyl (C=O) groups is 2. The van der Waals surface area contributed by atoms with Gasteiger partial charge in [-0.2, -0.15) is 0 Å². The average molecular weight is 450 g/mol. The first-order valence-corrected chi connectivity index (χ1v) is 11.9. The Kier molecular flexibility index (Phi) is 6.58. The van der Waals surface area contributed by atoms with E-state index < -0.39 is 0 Å². The Morgan fingerprint density at radius 2 is 2.00 bits per heavy atom. The van der Waals surface area contributed by atoms with Crippen LogP contribution in [0.4, 0.5) is 11.6 Å². The van der Waals surface area contributed by atoms with E-state index in [1.54, 1.807) is 7.05 Å². The van der Waals surface area contributed by atoms with Crippen molar-refractivity contribution in [2.75, 3.05) is 43.4 Å². The van der Waals surface area contributed by atoms with Crippen LogP contribution >= 0.6 is 0 Å². The Bertz CT molecular complexity index is 1040. The highest BCUT2D eigenvalue weighted by atomic mass is 16.2. The fourth-order valence-corrected chi connectivity index (χ4v) is 5.18. The summed E-state index contributed by atoms with van der Waals surface area (Å²) in [6, 6.07) is 10.4. The van der Waals surface area contributed by atoms with Crippen LogP contribution < -0.4 is 15.5 Å². The standard InChI is InChI=1S/C26H35N5O2/c1-5-24(33)31-16-26(17-31)10-11-30(15-26)22-13-19-8-6-7-9-21(19)25(29-22)28-20(12-18(2)3)14-23(32)27-4/h5-9,13,18,20H,1,10-12,14-17H2,2-4H3,(H,27,32)(H,28,29). The second-order valence-corrected chi connectivity index (χ2v) is 9.97. The molecule has 1 aromatic carbocycles. The molecule has 3 heterocycles. The van der Waals surface area contributed by atoms with E-state index in [4.69, 9.17) is 4.98 Å². The maximum absolute atomic E-state index is 12.1. The lowest BCUT2D eigenvalue weighted by Crippen LogP contribution is -2.59. The molecule has 4 rings (SSSR count). The molecule has 0 aliphatic carbocycles. The van der Waals surface area contributed by atoms with Gasteiger partial charge in [-0.15, -0.1) is 0 Å². The van der Waals surface area contributed by atoms with Crippen LogP contribution in [0.25, 0.3) is 10.8 Å². The number of amides is 2. The number of likely N-dealkylation sites (tertiary alicyclic amines) is 1. The SMILES string of the molecule is C=CC(=O)N1CC2(CCN(c3cc4ccccc4c(NC(CC(=O)NC)CC(C)C)n3)C2)C1. The number of pyridine rings is 1. The molecular formula is C26H35N5O2. The molecule has 2 fully saturated rings. The predicted octanol–water partition coefficient (Wildman–Crippen LogP) is 3.42. The summed E-state index contributed by atoms with van der Waals surface area (Å²) in [5.74, 6) is 2.28. The summed E-state index contributed by atoms with van der Waals surface area (Å²) >= 11 is 0. The summed E-state index contributed by atoms with van der Waals surface area (Å²) in [4.78, 5) is 33.3. The second kappa shape index (κ2) is 9.41. The Morgan fingerprint density at radius 1 is 1.24 bits per heavy atom. The molecule has 2 N–H and O–H groups in total. The van der Waals surface area contributed by atoms with E-state index >= 15 is 0 Å². The lowest BCUT2D eigenvalue weighted by atomic mass is 9.79. The third-order valence-corrected chi connectivity index (χ3v) is 6.84. The Balaban J connectivity index is 1.57. The molecule has 2 aromatic rings. The number of fused-ring (bicyclic) bond motifs is 1. The van der Waals surface area contributed by atoms with E-state index in [-0.39, 0.29) is 23.3 Å². The molecule has 1 unspecified atom stereocenters. The highest BCUT2D eigenvalue weighted by Crippen LogP contribution is 2.41. The monoisotopic (exact) mass is 449 g/mol. The van der Waals surface area contributed by atoms with Crippen LogP contribution in [0.15, 0.2) is 43.0 Å². The van der Waals surface area contributed by atoms with Crippen LogP contribution in [0.5, 0.6) is 0 Å². The van der Waals surface area contributed by atoms with Crippen LogP contribution in [-0.4, -0.2) is 61.0 Å². The molecule has 176 valence electrons. The Hall–Kier alpha value is -3.09. The van der Waals surface area contributed by atoms with Gasteiger partial charge in [0.25, 0.3) is 0 Å². The largest absolute Gasteiger partial charge is 0.366 e. The first-order chi connectivity index (χ1) is 15.8. The highest BCUT2D eigenvalue weighted by Gasteiger charge is 2.49. The minimum atomic E-state index is 0.00568. The highest BCUT2D eigenvalue weighted by molar-refractivity contribution is 5.94. The molecular weight excluding hydrogens is 414 g/mol. The van der Waals surface area contributed by atoms with Gasteiger partial charge in [0, 0.05) is 56.5 Å². The molecule has 0 saturated carbocycles. The van der Waals surface area contributed by atoms with Crippen molar-refractivity contribution in [1.29, 1.82) is 0 Å². The third kappa shape index (κ3) is 4.97. The first kappa shape index (κ1) is 23.1. The van der Waals surface area contributed by atoms with E-state index in [1.165, 1.54) is 6.08 Å². The van der Waals surface area contributed by atoms with Gasteiger partial charge in [0.1, 0.15) is 11.6 Å². The summed E-state index contributed by atoms with van der Waals surface area (Å²) in [5.41, 5.74) is 0.152. The van der Waals surface area contributed by atoms with Crippen molar-refractivity contribution >= 4 is 34.2 Å². The number of hydrogen-bond donors (Lipinski definition) is 2. The summed E-state index contributed by atoms with van der Waals surface area (Å²) in [7, 11) is 1.68. The molecule has 1 atom stereocenters. The van der Waals surface area contributed by atoms with Gasteiger partial charge in [-0.1, -0.05) is 44.7 Å². The van der Waals surface area contributed by atoms with Crippen LogP contribution in [0.1, 0.15) is 33.1 Å². The molecule has 2 saturated heterocycles.